The summed E-state index contributed by atoms with van der Waals surface area (Å²) in [5.41, 5.74) is -0.905. The van der Waals surface area contributed by atoms with E-state index in [2.05, 4.69) is 5.32 Å². The van der Waals surface area contributed by atoms with Crippen molar-refractivity contribution in [1.82, 2.24) is 4.90 Å². The van der Waals surface area contributed by atoms with Crippen LogP contribution in [0.4, 0.5) is 18.9 Å². The summed E-state index contributed by atoms with van der Waals surface area (Å²) in [6, 6.07) is 2.39. The third-order valence-corrected chi connectivity index (χ3v) is 3.32. The molecular weight excluding hydrogens is 297 g/mol. The highest BCUT2D eigenvalue weighted by molar-refractivity contribution is 6.31. The fourth-order valence-electron chi connectivity index (χ4n) is 1.90. The Morgan fingerprint density at radius 3 is 2.50 bits per heavy atom. The van der Waals surface area contributed by atoms with Crippen molar-refractivity contribution in [2.75, 3.05) is 12.4 Å². The highest BCUT2D eigenvalue weighted by Crippen LogP contribution is 2.36. The van der Waals surface area contributed by atoms with Crippen molar-refractivity contribution >= 4 is 29.1 Å². The van der Waals surface area contributed by atoms with Gasteiger partial charge in [0.25, 0.3) is 5.91 Å². The first-order chi connectivity index (χ1) is 9.20. The number of benzene rings is 1. The Kier molecular flexibility index (Phi) is 3.64. The van der Waals surface area contributed by atoms with Crippen LogP contribution in [0.15, 0.2) is 18.2 Å². The maximum Gasteiger partial charge on any atom is 0.417 e. The Morgan fingerprint density at radius 2 is 2.00 bits per heavy atom. The van der Waals surface area contributed by atoms with Gasteiger partial charge in [0.1, 0.15) is 6.04 Å². The number of likely N-dealkylation sites (tertiary alicyclic amines) is 1. The van der Waals surface area contributed by atoms with Gasteiger partial charge in [-0.15, -0.1) is 0 Å². The molecule has 1 fully saturated rings. The quantitative estimate of drug-likeness (QED) is 0.854. The van der Waals surface area contributed by atoms with E-state index in [1.807, 2.05) is 0 Å². The van der Waals surface area contributed by atoms with Crippen molar-refractivity contribution in [1.29, 1.82) is 0 Å². The number of halogens is 4. The highest BCUT2D eigenvalue weighted by atomic mass is 35.5. The molecule has 4 nitrogen and oxygen atoms in total. The Morgan fingerprint density at radius 1 is 1.35 bits per heavy atom. The molecule has 1 aliphatic rings. The van der Waals surface area contributed by atoms with Gasteiger partial charge in [0.2, 0.25) is 5.91 Å². The van der Waals surface area contributed by atoms with Crippen LogP contribution in [0, 0.1) is 0 Å². The van der Waals surface area contributed by atoms with Gasteiger partial charge in [0, 0.05) is 12.7 Å². The molecule has 8 heteroatoms. The fraction of sp³-hybridized carbons (Fsp3) is 0.333. The Balaban J connectivity index is 2.23. The molecule has 108 valence electrons. The number of likely N-dealkylation sites (N-methyl/N-ethyl adjacent to an activating group) is 1. The van der Waals surface area contributed by atoms with E-state index in [0.29, 0.717) is 0 Å². The van der Waals surface area contributed by atoms with Gasteiger partial charge in [0.05, 0.1) is 17.0 Å². The van der Waals surface area contributed by atoms with Crippen LogP contribution in [0.3, 0.4) is 0 Å². The molecule has 0 saturated carbocycles. The SMILES string of the molecule is CN1C(=O)CC(Nc2ccc(Cl)c(C(F)(F)F)c2)C1=O. The van der Waals surface area contributed by atoms with Gasteiger partial charge in [-0.3, -0.25) is 14.5 Å². The first-order valence-electron chi connectivity index (χ1n) is 5.64. The van der Waals surface area contributed by atoms with Crippen LogP contribution in [-0.4, -0.2) is 29.8 Å². The Hall–Kier alpha value is -1.76. The zero-order chi connectivity index (χ0) is 15.1. The van der Waals surface area contributed by atoms with Crippen LogP contribution >= 0.6 is 11.6 Å². The molecule has 1 saturated heterocycles. The smallest absolute Gasteiger partial charge is 0.373 e. The fourth-order valence-corrected chi connectivity index (χ4v) is 2.13. The first-order valence-corrected chi connectivity index (χ1v) is 6.01. The predicted molar refractivity (Wildman–Crippen MR) is 66.3 cm³/mol. The molecule has 0 spiro atoms. The van der Waals surface area contributed by atoms with Crippen LogP contribution < -0.4 is 5.32 Å². The van der Waals surface area contributed by atoms with Gasteiger partial charge in [-0.05, 0) is 18.2 Å². The minimum absolute atomic E-state index is 0.0840. The summed E-state index contributed by atoms with van der Waals surface area (Å²) in [5, 5.41) is 2.20. The zero-order valence-electron chi connectivity index (χ0n) is 10.3. The molecule has 0 radical (unpaired) electrons. The molecule has 1 aliphatic heterocycles. The van der Waals surface area contributed by atoms with Gasteiger partial charge in [-0.25, -0.2) is 0 Å². The molecule has 1 unspecified atom stereocenters. The summed E-state index contributed by atoms with van der Waals surface area (Å²) >= 11 is 5.50. The zero-order valence-corrected chi connectivity index (χ0v) is 11.0. The Bertz CT molecular complexity index is 574. The molecule has 1 aromatic carbocycles. The number of alkyl halides is 3. The van der Waals surface area contributed by atoms with Gasteiger partial charge in [-0.1, -0.05) is 11.6 Å². The molecular formula is C12H10ClF3N2O2. The average Bonchev–Trinajstić information content (AvgIpc) is 2.58. The number of carbonyl (C=O) groups is 2. The van der Waals surface area contributed by atoms with E-state index in [9.17, 15) is 22.8 Å². The van der Waals surface area contributed by atoms with Gasteiger partial charge in [0.15, 0.2) is 0 Å². The molecule has 0 bridgehead atoms. The van der Waals surface area contributed by atoms with Gasteiger partial charge < -0.3 is 5.32 Å². The van der Waals surface area contributed by atoms with E-state index in [0.717, 1.165) is 17.0 Å². The van der Waals surface area contributed by atoms with E-state index in [1.165, 1.54) is 13.1 Å². The standard InChI is InChI=1S/C12H10ClF3N2O2/c1-18-10(19)5-9(11(18)20)17-6-2-3-8(13)7(4-6)12(14,15)16/h2-4,9,17H,5H2,1H3. The van der Waals surface area contributed by atoms with Crippen LogP contribution in [0.25, 0.3) is 0 Å². The summed E-state index contributed by atoms with van der Waals surface area (Å²) in [5.74, 6) is -0.851. The largest absolute Gasteiger partial charge is 0.417 e. The summed E-state index contributed by atoms with van der Waals surface area (Å²) in [7, 11) is 1.33. The summed E-state index contributed by atoms with van der Waals surface area (Å²) in [6.45, 7) is 0. The third kappa shape index (κ3) is 2.72. The average molecular weight is 307 g/mol. The van der Waals surface area contributed by atoms with Crippen LogP contribution in [-0.2, 0) is 15.8 Å². The lowest BCUT2D eigenvalue weighted by atomic mass is 10.1. The molecule has 1 N–H and O–H groups in total. The monoisotopic (exact) mass is 306 g/mol. The predicted octanol–water partition coefficient (Wildman–Crippen LogP) is 2.53. The summed E-state index contributed by atoms with van der Waals surface area (Å²) < 4.78 is 38.1. The first kappa shape index (κ1) is 14.6. The van der Waals surface area contributed by atoms with Crippen LogP contribution in [0.5, 0.6) is 0 Å². The van der Waals surface area contributed by atoms with Crippen molar-refractivity contribution < 1.29 is 22.8 Å². The van der Waals surface area contributed by atoms with Crippen molar-refractivity contribution in [2.45, 2.75) is 18.6 Å². The van der Waals surface area contributed by atoms with E-state index in [-0.39, 0.29) is 18.0 Å². The second-order valence-corrected chi connectivity index (χ2v) is 4.79. The molecule has 20 heavy (non-hydrogen) atoms. The summed E-state index contributed by atoms with van der Waals surface area (Å²) in [6.07, 6.45) is -4.67. The molecule has 2 rings (SSSR count). The minimum Gasteiger partial charge on any atom is -0.373 e. The maximum absolute atomic E-state index is 12.7. The van der Waals surface area contributed by atoms with Crippen molar-refractivity contribution in [3.63, 3.8) is 0 Å². The second-order valence-electron chi connectivity index (χ2n) is 4.38. The third-order valence-electron chi connectivity index (χ3n) is 2.99. The minimum atomic E-state index is -4.58. The van der Waals surface area contributed by atoms with Crippen LogP contribution in [0.1, 0.15) is 12.0 Å². The van der Waals surface area contributed by atoms with Crippen LogP contribution in [0.2, 0.25) is 5.02 Å². The van der Waals surface area contributed by atoms with E-state index in [4.69, 9.17) is 11.6 Å². The van der Waals surface area contributed by atoms with Crippen molar-refractivity contribution in [2.24, 2.45) is 0 Å². The molecule has 0 aliphatic carbocycles. The number of carbonyl (C=O) groups excluding carboxylic acids is 2. The number of rotatable bonds is 2. The topological polar surface area (TPSA) is 49.4 Å². The molecule has 1 heterocycles. The normalized spacial score (nSPS) is 19.6. The Labute approximate surface area is 117 Å². The molecule has 1 aromatic rings. The van der Waals surface area contributed by atoms with Crippen molar-refractivity contribution in [3.8, 4) is 0 Å². The van der Waals surface area contributed by atoms with Gasteiger partial charge in [-0.2, -0.15) is 13.2 Å². The van der Waals surface area contributed by atoms with Gasteiger partial charge >= 0.3 is 6.18 Å². The van der Waals surface area contributed by atoms with E-state index in [1.54, 1.807) is 0 Å². The molecule has 0 aromatic heterocycles. The lowest BCUT2D eigenvalue weighted by Crippen LogP contribution is -2.31. The van der Waals surface area contributed by atoms with Crippen molar-refractivity contribution in [3.05, 3.63) is 28.8 Å². The number of amides is 2. The number of nitrogens with one attached hydrogen (secondary N) is 1. The molecule has 2 amide bonds. The number of hydrogen-bond donors (Lipinski definition) is 1. The number of nitrogens with zero attached hydrogens (tertiary/aromatic N) is 1. The lowest BCUT2D eigenvalue weighted by molar-refractivity contribution is -0.138. The maximum atomic E-state index is 12.7. The highest BCUT2D eigenvalue weighted by Gasteiger charge is 2.37. The number of imide groups is 1. The van der Waals surface area contributed by atoms with E-state index < -0.39 is 28.7 Å². The number of anilines is 1. The second kappa shape index (κ2) is 4.97. The molecule has 1 atom stereocenters. The number of hydrogen-bond acceptors (Lipinski definition) is 3. The summed E-state index contributed by atoms with van der Waals surface area (Å²) in [4.78, 5) is 23.9. The lowest BCUT2D eigenvalue weighted by Gasteiger charge is -2.15. The van der Waals surface area contributed by atoms with E-state index >= 15 is 0 Å².